The van der Waals surface area contributed by atoms with Gasteiger partial charge in [-0.05, 0) is 65.8 Å². The van der Waals surface area contributed by atoms with Crippen molar-refractivity contribution < 1.29 is 68.3 Å². The number of nitrogens with one attached hydrogen (secondary N) is 8. The van der Waals surface area contributed by atoms with Gasteiger partial charge in [0.15, 0.2) is 5.96 Å². The highest BCUT2D eigenvalue weighted by Gasteiger charge is 2.35. The molecule has 1 saturated heterocycles. The average Bonchev–Trinajstić information content (AvgIpc) is 2.06. The van der Waals surface area contributed by atoms with Gasteiger partial charge in [-0.3, -0.25) is 73.2 Å². The van der Waals surface area contributed by atoms with E-state index in [4.69, 9.17) is 10.5 Å². The van der Waals surface area contributed by atoms with Gasteiger partial charge in [0.1, 0.15) is 17.8 Å². The summed E-state index contributed by atoms with van der Waals surface area (Å²) in [5, 5.41) is 60.9. The van der Waals surface area contributed by atoms with Crippen LogP contribution < -0.4 is 48.3 Å². The van der Waals surface area contributed by atoms with Gasteiger partial charge in [0, 0.05) is 130 Å². The van der Waals surface area contributed by atoms with E-state index >= 15 is 0 Å². The zero-order valence-corrected chi connectivity index (χ0v) is 50.0. The molecular formula is C59H87N15O14. The van der Waals surface area contributed by atoms with Crippen LogP contribution in [0.1, 0.15) is 67.3 Å². The van der Waals surface area contributed by atoms with Gasteiger partial charge in [-0.25, -0.2) is 4.79 Å². The number of phenolic OH excluding ortho intramolecular Hbond substituents is 1. The standard InChI is InChI=1S/C59H87N15O14/c1-2-49(76)63-21-22-66-59(87)69-58(60)65-18-6-12-48(56(85)67-35-42-13-15-47(75)16-14-42)68-57(86)55(74-36-44-8-3-4-9-45(44)37-74)43-10-5-11-46(34-43)61-19-7-20-62-50(77)17-32-88-33-23-64-51(78)38-70-24-26-71(39-52(79)80)28-30-73(41-54(83)84)31-29-72(27-25-70)40-53(81)82/h3-5,8-11,13-16,34,48,55,61,75H,2,6-7,12,17-33,35-41H2,1H3,(H,62,77)(H,63,76)(H,64,78)(H,67,85)(H,68,86)(H,79,80)(H,81,82)(H,83,84)(H4,60,65,66,69,87)/t48-,55+/m1/s1. The number of nitrogens with two attached hydrogens (primary N) is 1. The van der Waals surface area contributed by atoms with Crippen LogP contribution >= 0.6 is 0 Å². The molecule has 0 spiro atoms. The molecule has 482 valence electrons. The number of benzene rings is 3. The molecule has 2 aliphatic rings. The average molecular weight is 1230 g/mol. The fourth-order valence-electron chi connectivity index (χ4n) is 9.74. The fraction of sp³-hybridized carbons (Fsp3) is 0.525. The lowest BCUT2D eigenvalue weighted by molar-refractivity contribution is -0.140. The number of nitrogens with zero attached hydrogens (tertiary/aromatic N) is 6. The number of urea groups is 1. The molecule has 0 bridgehead atoms. The number of carbonyl (C=O) groups is 9. The zero-order chi connectivity index (χ0) is 63.6. The second kappa shape index (κ2) is 38.6. The minimum atomic E-state index is -1.05. The number of fused-ring (bicyclic) bond motifs is 1. The molecule has 0 radical (unpaired) electrons. The van der Waals surface area contributed by atoms with Crippen LogP contribution in [0.2, 0.25) is 0 Å². The van der Waals surface area contributed by atoms with Gasteiger partial charge in [-0.2, -0.15) is 0 Å². The Morgan fingerprint density at radius 1 is 0.602 bits per heavy atom. The molecule has 2 aliphatic heterocycles. The molecule has 1 fully saturated rings. The maximum Gasteiger partial charge on any atom is 0.321 e. The topological polar surface area (TPSA) is 395 Å². The van der Waals surface area contributed by atoms with Crippen LogP contribution in [0, 0.1) is 0 Å². The van der Waals surface area contributed by atoms with E-state index in [1.807, 2.05) is 58.3 Å². The van der Waals surface area contributed by atoms with Crippen molar-refractivity contribution >= 4 is 65.1 Å². The van der Waals surface area contributed by atoms with Crippen LogP contribution in [0.15, 0.2) is 77.8 Å². The molecule has 3 aromatic rings. The number of hydrogen-bond donors (Lipinski definition) is 13. The third kappa shape index (κ3) is 27.5. The first-order valence-electron chi connectivity index (χ1n) is 29.6. The van der Waals surface area contributed by atoms with Crippen molar-refractivity contribution in [2.45, 2.75) is 70.7 Å². The molecular weight excluding hydrogens is 1140 g/mol. The number of guanidine groups is 1. The summed E-state index contributed by atoms with van der Waals surface area (Å²) in [5.41, 5.74) is 10.3. The Morgan fingerprint density at radius 3 is 1.76 bits per heavy atom. The van der Waals surface area contributed by atoms with E-state index in [1.54, 1.807) is 33.8 Å². The van der Waals surface area contributed by atoms with Crippen LogP contribution in [0.3, 0.4) is 0 Å². The van der Waals surface area contributed by atoms with E-state index in [2.05, 4.69) is 47.5 Å². The zero-order valence-electron chi connectivity index (χ0n) is 50.0. The van der Waals surface area contributed by atoms with Crippen molar-refractivity contribution in [1.29, 1.82) is 0 Å². The number of anilines is 1. The summed E-state index contributed by atoms with van der Waals surface area (Å²) in [6.07, 6.45) is 1.42. The lowest BCUT2D eigenvalue weighted by Gasteiger charge is -2.32. The maximum absolute atomic E-state index is 14.8. The minimum absolute atomic E-state index is 0.0414. The van der Waals surface area contributed by atoms with Gasteiger partial charge in [-0.1, -0.05) is 55.5 Å². The van der Waals surface area contributed by atoms with E-state index in [0.717, 1.165) is 22.4 Å². The lowest BCUT2D eigenvalue weighted by Crippen LogP contribution is -2.50. The minimum Gasteiger partial charge on any atom is -0.508 e. The first kappa shape index (κ1) is 70.3. The molecule has 0 aromatic heterocycles. The monoisotopic (exact) mass is 1230 g/mol. The fourth-order valence-corrected chi connectivity index (χ4v) is 9.74. The van der Waals surface area contributed by atoms with Crippen molar-refractivity contribution in [2.24, 2.45) is 10.7 Å². The third-order valence-electron chi connectivity index (χ3n) is 14.4. The number of aromatic hydroxyl groups is 1. The molecule has 29 nitrogen and oxygen atoms in total. The van der Waals surface area contributed by atoms with E-state index in [1.165, 1.54) is 12.1 Å². The smallest absolute Gasteiger partial charge is 0.321 e. The molecule has 5 rings (SSSR count). The number of aliphatic imine (C=N–C) groups is 1. The Bertz CT molecular complexity index is 2740. The van der Waals surface area contributed by atoms with Gasteiger partial charge >= 0.3 is 23.9 Å². The van der Waals surface area contributed by atoms with Crippen LogP contribution in [-0.4, -0.2) is 241 Å². The second-order valence-electron chi connectivity index (χ2n) is 21.3. The van der Waals surface area contributed by atoms with Gasteiger partial charge in [0.05, 0.1) is 39.4 Å². The molecule has 2 atom stereocenters. The summed E-state index contributed by atoms with van der Waals surface area (Å²) in [6.45, 7) is 5.92. The van der Waals surface area contributed by atoms with Crippen LogP contribution in [0.5, 0.6) is 5.75 Å². The molecule has 0 aliphatic carbocycles. The summed E-state index contributed by atoms with van der Waals surface area (Å²) in [6, 6.07) is 19.4. The summed E-state index contributed by atoms with van der Waals surface area (Å²) < 4.78 is 5.63. The molecule has 0 saturated carbocycles. The predicted molar refractivity (Wildman–Crippen MR) is 326 cm³/mol. The quantitative estimate of drug-likeness (QED) is 0.0195. The molecule has 7 amide bonds. The number of carboxylic acids is 3. The van der Waals surface area contributed by atoms with Crippen molar-refractivity contribution in [3.8, 4) is 5.75 Å². The number of ether oxygens (including phenoxy) is 1. The summed E-state index contributed by atoms with van der Waals surface area (Å²) in [7, 11) is 0. The van der Waals surface area contributed by atoms with Gasteiger partial charge in [0.25, 0.3) is 0 Å². The summed E-state index contributed by atoms with van der Waals surface area (Å²) in [5.74, 6) is -4.75. The van der Waals surface area contributed by atoms with E-state index in [9.17, 15) is 63.6 Å². The number of amides is 7. The van der Waals surface area contributed by atoms with Crippen molar-refractivity contribution in [1.82, 2.24) is 61.7 Å². The molecule has 3 aromatic carbocycles. The summed E-state index contributed by atoms with van der Waals surface area (Å²) >= 11 is 0. The van der Waals surface area contributed by atoms with Crippen LogP contribution in [0.25, 0.3) is 0 Å². The molecule has 14 N–H and O–H groups in total. The van der Waals surface area contributed by atoms with Crippen molar-refractivity contribution in [3.63, 3.8) is 0 Å². The van der Waals surface area contributed by atoms with E-state index in [-0.39, 0.29) is 154 Å². The first-order chi connectivity index (χ1) is 42.3. The summed E-state index contributed by atoms with van der Waals surface area (Å²) in [4.78, 5) is 126. The Hall–Kier alpha value is -8.48. The maximum atomic E-state index is 14.8. The molecule has 2 heterocycles. The number of rotatable bonds is 34. The second-order valence-corrected chi connectivity index (χ2v) is 21.3. The van der Waals surface area contributed by atoms with Gasteiger partial charge in [0.2, 0.25) is 29.5 Å². The van der Waals surface area contributed by atoms with Crippen molar-refractivity contribution in [2.75, 3.05) is 136 Å². The molecule has 0 unspecified atom stereocenters. The first-order valence-corrected chi connectivity index (χ1v) is 29.6. The largest absolute Gasteiger partial charge is 0.508 e. The van der Waals surface area contributed by atoms with Crippen LogP contribution in [-0.2, 0) is 62.7 Å². The van der Waals surface area contributed by atoms with Gasteiger partial charge < -0.3 is 68.1 Å². The number of carboxylic acid groups (broad SMARTS) is 3. The Labute approximate surface area is 512 Å². The van der Waals surface area contributed by atoms with Gasteiger partial charge in [-0.15, -0.1) is 0 Å². The number of carbonyl (C=O) groups excluding carboxylic acids is 6. The Kier molecular flexibility index (Phi) is 30.9. The SMILES string of the molecule is CCC(=O)NCCNC(=O)NC(N)=NCCC[C@@H](NC(=O)[C@H](c1cccc(NCCCNC(=O)CCOCCNC(=O)CN2CCN(CC(=O)O)CCN(CC(=O)O)CCN(CC(=O)O)CC2)c1)N1Cc2ccccc2C1)C(=O)NCc1ccc(O)cc1. The van der Waals surface area contributed by atoms with E-state index in [0.29, 0.717) is 64.1 Å². The predicted octanol–water partition coefficient (Wildman–Crippen LogP) is -0.913. The number of phenols is 1. The third-order valence-corrected chi connectivity index (χ3v) is 14.4. The highest BCUT2D eigenvalue weighted by Crippen LogP contribution is 2.33. The highest BCUT2D eigenvalue weighted by atomic mass is 16.5. The van der Waals surface area contributed by atoms with Crippen molar-refractivity contribution in [3.05, 3.63) is 95.1 Å². The van der Waals surface area contributed by atoms with E-state index < -0.39 is 47.8 Å². The molecule has 29 heteroatoms. The highest BCUT2D eigenvalue weighted by molar-refractivity contribution is 5.95. The normalized spacial score (nSPS) is 15.4. The Morgan fingerprint density at radius 2 is 1.17 bits per heavy atom. The number of aliphatic carboxylic acids is 3. The molecule has 88 heavy (non-hydrogen) atoms. The Balaban J connectivity index is 1.09. The van der Waals surface area contributed by atoms with Crippen LogP contribution in [0.4, 0.5) is 10.5 Å². The lowest BCUT2D eigenvalue weighted by atomic mass is 10.0. The number of hydrogen-bond acceptors (Lipinski definition) is 18.